The Morgan fingerprint density at radius 1 is 1.30 bits per heavy atom. The van der Waals surface area contributed by atoms with E-state index in [1.54, 1.807) is 4.68 Å². The lowest BCUT2D eigenvalue weighted by molar-refractivity contribution is -0.0253. The van der Waals surface area contributed by atoms with Gasteiger partial charge in [-0.25, -0.2) is 0 Å². The molecule has 1 rings (SSSR count). The number of hydrogen-bond acceptors (Lipinski definition) is 4. The van der Waals surface area contributed by atoms with Gasteiger partial charge in [0.1, 0.15) is 6.10 Å². The van der Waals surface area contributed by atoms with Crippen LogP contribution in [0.4, 0.5) is 0 Å². The number of aliphatic hydroxyl groups excluding tert-OH is 2. The fraction of sp³-hybridized carbons (Fsp3) is 0.786. The van der Waals surface area contributed by atoms with E-state index in [-0.39, 0.29) is 5.92 Å². The molecule has 0 saturated carbocycles. The Morgan fingerprint density at radius 2 is 1.90 bits per heavy atom. The topological polar surface area (TPSA) is 61.5 Å². The molecule has 0 bridgehead atoms. The van der Waals surface area contributed by atoms with Crippen LogP contribution < -0.4 is 0 Å². The monoisotopic (exact) mass is 303 g/mol. The molecule has 1 aromatic rings. The van der Waals surface area contributed by atoms with Crippen LogP contribution in [0.15, 0.2) is 6.20 Å². The first-order valence-corrected chi connectivity index (χ1v) is 7.52. The lowest BCUT2D eigenvalue weighted by Crippen LogP contribution is -2.30. The molecule has 0 fully saturated rings. The third-order valence-corrected chi connectivity index (χ3v) is 4.02. The van der Waals surface area contributed by atoms with E-state index in [4.69, 9.17) is 11.6 Å². The molecular weight excluding hydrogens is 278 g/mol. The lowest BCUT2D eigenvalue weighted by atomic mass is 9.91. The standard InChI is InChI=1S/C14H26ClN3O2/c1-5-10(6-2)13(19)14(20)12-11(15)9-16-18(12)8-7-17(3)4/h9-10,13-14,19-20H,5-8H2,1-4H3. The van der Waals surface area contributed by atoms with Gasteiger partial charge in [-0.15, -0.1) is 0 Å². The van der Waals surface area contributed by atoms with E-state index < -0.39 is 12.2 Å². The highest BCUT2D eigenvalue weighted by atomic mass is 35.5. The average molecular weight is 304 g/mol. The SMILES string of the molecule is CCC(CC)C(O)C(O)c1c(Cl)cnn1CCN(C)C. The summed E-state index contributed by atoms with van der Waals surface area (Å²) in [6.45, 7) is 5.44. The molecule has 0 amide bonds. The third kappa shape index (κ3) is 4.19. The number of likely N-dealkylation sites (N-methyl/N-ethyl adjacent to an activating group) is 1. The maximum Gasteiger partial charge on any atom is 0.123 e. The quantitative estimate of drug-likeness (QED) is 0.770. The zero-order valence-electron chi connectivity index (χ0n) is 12.8. The van der Waals surface area contributed by atoms with Gasteiger partial charge in [0, 0.05) is 6.54 Å². The average Bonchev–Trinajstić information content (AvgIpc) is 2.78. The maximum atomic E-state index is 10.4. The van der Waals surface area contributed by atoms with Gasteiger partial charge in [-0.3, -0.25) is 4.68 Å². The summed E-state index contributed by atoms with van der Waals surface area (Å²) in [6.07, 6.45) is 1.33. The summed E-state index contributed by atoms with van der Waals surface area (Å²) in [5.41, 5.74) is 0.507. The Hall–Kier alpha value is -0.620. The van der Waals surface area contributed by atoms with Crippen LogP contribution in [0.25, 0.3) is 0 Å². The van der Waals surface area contributed by atoms with E-state index in [0.717, 1.165) is 19.4 Å². The number of halogens is 1. The van der Waals surface area contributed by atoms with Gasteiger partial charge in [0.15, 0.2) is 0 Å². The molecule has 20 heavy (non-hydrogen) atoms. The Labute approximate surface area is 126 Å². The first kappa shape index (κ1) is 17.4. The van der Waals surface area contributed by atoms with Crippen molar-refractivity contribution in [3.8, 4) is 0 Å². The Bertz CT molecular complexity index is 405. The van der Waals surface area contributed by atoms with Crippen LogP contribution in [0.3, 0.4) is 0 Å². The first-order chi connectivity index (χ1) is 9.42. The smallest absolute Gasteiger partial charge is 0.123 e. The highest BCUT2D eigenvalue weighted by Crippen LogP contribution is 2.30. The van der Waals surface area contributed by atoms with Crippen LogP contribution in [0.1, 0.15) is 38.5 Å². The number of rotatable bonds is 8. The minimum atomic E-state index is -1.00. The molecule has 2 atom stereocenters. The van der Waals surface area contributed by atoms with Crippen LogP contribution in [-0.2, 0) is 6.54 Å². The second-order valence-electron chi connectivity index (χ2n) is 5.42. The number of aliphatic hydroxyl groups is 2. The molecule has 116 valence electrons. The van der Waals surface area contributed by atoms with Gasteiger partial charge >= 0.3 is 0 Å². The van der Waals surface area contributed by atoms with Crippen molar-refractivity contribution in [2.45, 2.75) is 45.4 Å². The second kappa shape index (κ2) is 7.98. The summed E-state index contributed by atoms with van der Waals surface area (Å²) in [7, 11) is 3.94. The minimum Gasteiger partial charge on any atom is -0.390 e. The predicted octanol–water partition coefficient (Wildman–Crippen LogP) is 1.93. The van der Waals surface area contributed by atoms with Crippen LogP contribution >= 0.6 is 11.6 Å². The van der Waals surface area contributed by atoms with Crippen molar-refractivity contribution in [2.24, 2.45) is 5.92 Å². The Balaban J connectivity index is 2.91. The molecule has 0 spiro atoms. The number of nitrogens with zero attached hydrogens (tertiary/aromatic N) is 3. The molecule has 0 saturated heterocycles. The van der Waals surface area contributed by atoms with Crippen molar-refractivity contribution in [3.63, 3.8) is 0 Å². The molecule has 2 unspecified atom stereocenters. The van der Waals surface area contributed by atoms with Crippen LogP contribution in [-0.4, -0.2) is 51.6 Å². The van der Waals surface area contributed by atoms with E-state index >= 15 is 0 Å². The van der Waals surface area contributed by atoms with Gasteiger partial charge in [-0.1, -0.05) is 38.3 Å². The molecule has 2 N–H and O–H groups in total. The lowest BCUT2D eigenvalue weighted by Gasteiger charge is -2.26. The third-order valence-electron chi connectivity index (χ3n) is 3.73. The van der Waals surface area contributed by atoms with Gasteiger partial charge in [0.2, 0.25) is 0 Å². The van der Waals surface area contributed by atoms with Crippen molar-refractivity contribution >= 4 is 11.6 Å². The summed E-state index contributed by atoms with van der Waals surface area (Å²) in [5, 5.41) is 25.3. The van der Waals surface area contributed by atoms with Crippen LogP contribution in [0.5, 0.6) is 0 Å². The Kier molecular flexibility index (Phi) is 6.95. The zero-order valence-corrected chi connectivity index (χ0v) is 13.5. The van der Waals surface area contributed by atoms with Gasteiger partial charge in [0.25, 0.3) is 0 Å². The maximum absolute atomic E-state index is 10.4. The molecular formula is C14H26ClN3O2. The van der Waals surface area contributed by atoms with Crippen molar-refractivity contribution in [1.29, 1.82) is 0 Å². The van der Waals surface area contributed by atoms with E-state index in [2.05, 4.69) is 5.10 Å². The molecule has 1 aromatic heterocycles. The molecule has 1 heterocycles. The fourth-order valence-corrected chi connectivity index (χ4v) is 2.58. The zero-order chi connectivity index (χ0) is 15.3. The van der Waals surface area contributed by atoms with Gasteiger partial charge in [0.05, 0.1) is 29.6 Å². The fourth-order valence-electron chi connectivity index (χ4n) is 2.33. The van der Waals surface area contributed by atoms with E-state index in [0.29, 0.717) is 17.3 Å². The largest absolute Gasteiger partial charge is 0.390 e. The van der Waals surface area contributed by atoms with E-state index in [1.807, 2.05) is 32.8 Å². The summed E-state index contributed by atoms with van der Waals surface area (Å²) in [6, 6.07) is 0. The molecule has 0 aliphatic carbocycles. The predicted molar refractivity (Wildman–Crippen MR) is 80.8 cm³/mol. The van der Waals surface area contributed by atoms with Crippen LogP contribution in [0.2, 0.25) is 5.02 Å². The van der Waals surface area contributed by atoms with E-state index in [9.17, 15) is 10.2 Å². The van der Waals surface area contributed by atoms with E-state index in [1.165, 1.54) is 6.20 Å². The highest BCUT2D eigenvalue weighted by Gasteiger charge is 2.29. The van der Waals surface area contributed by atoms with Crippen LogP contribution in [0, 0.1) is 5.92 Å². The normalized spacial score (nSPS) is 15.1. The highest BCUT2D eigenvalue weighted by molar-refractivity contribution is 6.31. The van der Waals surface area contributed by atoms with Gasteiger partial charge < -0.3 is 15.1 Å². The van der Waals surface area contributed by atoms with Gasteiger partial charge in [-0.05, 0) is 20.0 Å². The molecule has 6 heteroatoms. The molecule has 0 aromatic carbocycles. The van der Waals surface area contributed by atoms with Gasteiger partial charge in [-0.2, -0.15) is 5.10 Å². The second-order valence-corrected chi connectivity index (χ2v) is 5.82. The number of aromatic nitrogens is 2. The molecule has 5 nitrogen and oxygen atoms in total. The van der Waals surface area contributed by atoms with Crippen molar-refractivity contribution < 1.29 is 10.2 Å². The molecule has 0 aliphatic rings. The summed E-state index contributed by atoms with van der Waals surface area (Å²) in [5.74, 6) is 0.0539. The summed E-state index contributed by atoms with van der Waals surface area (Å²) in [4.78, 5) is 2.03. The number of hydrogen-bond donors (Lipinski definition) is 2. The van der Waals surface area contributed by atoms with Crippen molar-refractivity contribution in [1.82, 2.24) is 14.7 Å². The molecule has 0 aliphatic heterocycles. The first-order valence-electron chi connectivity index (χ1n) is 7.14. The Morgan fingerprint density at radius 3 is 2.40 bits per heavy atom. The summed E-state index contributed by atoms with van der Waals surface area (Å²) < 4.78 is 1.68. The molecule has 0 radical (unpaired) electrons. The summed E-state index contributed by atoms with van der Waals surface area (Å²) >= 11 is 6.12. The van der Waals surface area contributed by atoms with Crippen molar-refractivity contribution in [3.05, 3.63) is 16.9 Å². The van der Waals surface area contributed by atoms with Crippen molar-refractivity contribution in [2.75, 3.05) is 20.6 Å². The minimum absolute atomic E-state index is 0.0539.